The fraction of sp³-hybridized carbons (Fsp3) is 0.500. The minimum Gasteiger partial charge on any atom is -0.461 e. The van der Waals surface area contributed by atoms with E-state index in [9.17, 15) is 8.78 Å². The average Bonchev–Trinajstić information content (AvgIpc) is 2.83. The summed E-state index contributed by atoms with van der Waals surface area (Å²) in [6.45, 7) is 2.39. The number of aliphatic hydroxyl groups is 1. The SMILES string of the molecule is CCCCc1oc2ccccc2c1CNCC(O)C(F)F. The molecule has 0 aliphatic heterocycles. The van der Waals surface area contributed by atoms with Gasteiger partial charge in [0.25, 0.3) is 6.43 Å². The van der Waals surface area contributed by atoms with E-state index in [0.717, 1.165) is 41.6 Å². The maximum atomic E-state index is 12.3. The van der Waals surface area contributed by atoms with Gasteiger partial charge in [-0.2, -0.15) is 0 Å². The van der Waals surface area contributed by atoms with Crippen LogP contribution in [0.4, 0.5) is 8.78 Å². The molecule has 2 rings (SSSR count). The van der Waals surface area contributed by atoms with E-state index < -0.39 is 12.5 Å². The number of furan rings is 1. The number of rotatable bonds is 8. The van der Waals surface area contributed by atoms with E-state index in [4.69, 9.17) is 9.52 Å². The van der Waals surface area contributed by atoms with Crippen LogP contribution in [-0.2, 0) is 13.0 Å². The number of nitrogens with one attached hydrogen (secondary N) is 1. The Morgan fingerprint density at radius 1 is 1.29 bits per heavy atom. The summed E-state index contributed by atoms with van der Waals surface area (Å²) in [5, 5.41) is 13.0. The largest absolute Gasteiger partial charge is 0.461 e. The van der Waals surface area contributed by atoms with Crippen LogP contribution in [-0.4, -0.2) is 24.2 Å². The van der Waals surface area contributed by atoms with Crippen LogP contribution in [0.25, 0.3) is 11.0 Å². The van der Waals surface area contributed by atoms with Gasteiger partial charge >= 0.3 is 0 Å². The van der Waals surface area contributed by atoms with Gasteiger partial charge in [0.15, 0.2) is 0 Å². The lowest BCUT2D eigenvalue weighted by atomic mass is 10.1. The van der Waals surface area contributed by atoms with Crippen molar-refractivity contribution >= 4 is 11.0 Å². The summed E-state index contributed by atoms with van der Waals surface area (Å²) in [5.74, 6) is 0.900. The van der Waals surface area contributed by atoms with E-state index in [1.54, 1.807) is 0 Å². The maximum Gasteiger partial charge on any atom is 0.265 e. The number of aryl methyl sites for hydroxylation is 1. The predicted octanol–water partition coefficient (Wildman–Crippen LogP) is 3.49. The quantitative estimate of drug-likeness (QED) is 0.784. The number of benzene rings is 1. The minimum absolute atomic E-state index is 0.135. The Hall–Kier alpha value is -1.46. The molecular weight excluding hydrogens is 276 g/mol. The highest BCUT2D eigenvalue weighted by atomic mass is 19.3. The molecule has 116 valence electrons. The molecule has 1 aromatic heterocycles. The number of unbranched alkanes of at least 4 members (excludes halogenated alkanes) is 1. The summed E-state index contributed by atoms with van der Waals surface area (Å²) in [6, 6.07) is 7.71. The van der Waals surface area contributed by atoms with E-state index in [-0.39, 0.29) is 6.54 Å². The summed E-state index contributed by atoms with van der Waals surface area (Å²) >= 11 is 0. The molecule has 3 nitrogen and oxygen atoms in total. The number of para-hydroxylation sites is 1. The van der Waals surface area contributed by atoms with E-state index in [1.165, 1.54) is 0 Å². The Bertz CT molecular complexity index is 568. The molecule has 1 heterocycles. The van der Waals surface area contributed by atoms with Crippen LogP contribution < -0.4 is 5.32 Å². The third-order valence-electron chi connectivity index (χ3n) is 3.49. The number of alkyl halides is 2. The molecule has 0 fully saturated rings. The van der Waals surface area contributed by atoms with Gasteiger partial charge in [-0.1, -0.05) is 31.5 Å². The van der Waals surface area contributed by atoms with Crippen molar-refractivity contribution in [2.75, 3.05) is 6.54 Å². The first kappa shape index (κ1) is 15.9. The minimum atomic E-state index is -2.72. The molecule has 0 aliphatic carbocycles. The van der Waals surface area contributed by atoms with E-state index >= 15 is 0 Å². The van der Waals surface area contributed by atoms with Crippen molar-refractivity contribution in [1.29, 1.82) is 0 Å². The van der Waals surface area contributed by atoms with E-state index in [0.29, 0.717) is 6.54 Å². The summed E-state index contributed by atoms with van der Waals surface area (Å²) in [7, 11) is 0. The van der Waals surface area contributed by atoms with Gasteiger partial charge in [0.05, 0.1) is 0 Å². The van der Waals surface area contributed by atoms with Gasteiger partial charge in [-0.3, -0.25) is 0 Å². The Morgan fingerprint density at radius 2 is 2.05 bits per heavy atom. The number of fused-ring (bicyclic) bond motifs is 1. The Balaban J connectivity index is 2.12. The molecule has 1 aromatic carbocycles. The fourth-order valence-electron chi connectivity index (χ4n) is 2.32. The maximum absolute atomic E-state index is 12.3. The molecule has 0 saturated carbocycles. The summed E-state index contributed by atoms with van der Waals surface area (Å²) in [5.41, 5.74) is 1.82. The zero-order chi connectivity index (χ0) is 15.2. The fourth-order valence-corrected chi connectivity index (χ4v) is 2.32. The van der Waals surface area contributed by atoms with Gasteiger partial charge in [-0.15, -0.1) is 0 Å². The van der Waals surface area contributed by atoms with E-state index in [1.807, 2.05) is 24.3 Å². The molecule has 1 unspecified atom stereocenters. The highest BCUT2D eigenvalue weighted by Crippen LogP contribution is 2.27. The molecule has 2 aromatic rings. The van der Waals surface area contributed by atoms with Gasteiger partial charge in [-0.25, -0.2) is 8.78 Å². The average molecular weight is 297 g/mol. The molecule has 0 bridgehead atoms. The molecule has 1 atom stereocenters. The topological polar surface area (TPSA) is 45.4 Å². The van der Waals surface area contributed by atoms with Crippen LogP contribution in [0.15, 0.2) is 28.7 Å². The van der Waals surface area contributed by atoms with Crippen molar-refractivity contribution in [2.45, 2.75) is 45.3 Å². The normalized spacial score (nSPS) is 13.2. The standard InChI is InChI=1S/C16H21F2NO2/c1-2-3-7-15-12(9-19-10-13(20)16(17)18)11-6-4-5-8-14(11)21-15/h4-6,8,13,16,19-20H,2-3,7,9-10H2,1H3. The van der Waals surface area contributed by atoms with Gasteiger partial charge in [-0.05, 0) is 12.5 Å². The Morgan fingerprint density at radius 3 is 2.76 bits per heavy atom. The summed E-state index contributed by atoms with van der Waals surface area (Å²) in [6.07, 6.45) is -1.44. The molecule has 0 amide bonds. The van der Waals surface area contributed by atoms with Gasteiger partial charge in [0, 0.05) is 30.5 Å². The molecule has 5 heteroatoms. The van der Waals surface area contributed by atoms with Crippen LogP contribution in [0.1, 0.15) is 31.1 Å². The van der Waals surface area contributed by atoms with Crippen LogP contribution in [0.2, 0.25) is 0 Å². The molecule has 21 heavy (non-hydrogen) atoms. The molecule has 0 radical (unpaired) electrons. The predicted molar refractivity (Wildman–Crippen MR) is 78.5 cm³/mol. The number of aliphatic hydroxyl groups excluding tert-OH is 1. The van der Waals surface area contributed by atoms with Gasteiger partial charge in [0.1, 0.15) is 17.4 Å². The van der Waals surface area contributed by atoms with Crippen molar-refractivity contribution in [2.24, 2.45) is 0 Å². The molecular formula is C16H21F2NO2. The lowest BCUT2D eigenvalue weighted by Crippen LogP contribution is -2.31. The second-order valence-corrected chi connectivity index (χ2v) is 5.14. The monoisotopic (exact) mass is 297 g/mol. The third kappa shape index (κ3) is 4.02. The lowest BCUT2D eigenvalue weighted by Gasteiger charge is -2.10. The van der Waals surface area contributed by atoms with Gasteiger partial charge in [0.2, 0.25) is 0 Å². The molecule has 2 N–H and O–H groups in total. The van der Waals surface area contributed by atoms with Crippen LogP contribution in [0.5, 0.6) is 0 Å². The number of hydrogen-bond donors (Lipinski definition) is 2. The van der Waals surface area contributed by atoms with Crippen molar-refractivity contribution in [3.8, 4) is 0 Å². The van der Waals surface area contributed by atoms with Crippen molar-refractivity contribution in [3.63, 3.8) is 0 Å². The van der Waals surface area contributed by atoms with Crippen LogP contribution >= 0.6 is 0 Å². The van der Waals surface area contributed by atoms with Gasteiger partial charge < -0.3 is 14.8 Å². The van der Waals surface area contributed by atoms with Crippen LogP contribution in [0.3, 0.4) is 0 Å². The molecule has 0 spiro atoms. The first-order valence-corrected chi connectivity index (χ1v) is 7.29. The summed E-state index contributed by atoms with van der Waals surface area (Å²) < 4.78 is 30.4. The lowest BCUT2D eigenvalue weighted by molar-refractivity contribution is -0.00340. The molecule has 0 saturated heterocycles. The van der Waals surface area contributed by atoms with E-state index in [2.05, 4.69) is 12.2 Å². The summed E-state index contributed by atoms with van der Waals surface area (Å²) in [4.78, 5) is 0. The van der Waals surface area contributed by atoms with Crippen molar-refractivity contribution < 1.29 is 18.3 Å². The first-order chi connectivity index (χ1) is 10.1. The number of hydrogen-bond acceptors (Lipinski definition) is 3. The van der Waals surface area contributed by atoms with Crippen molar-refractivity contribution in [3.05, 3.63) is 35.6 Å². The van der Waals surface area contributed by atoms with Crippen LogP contribution in [0, 0.1) is 0 Å². The molecule has 0 aliphatic rings. The number of halogens is 2. The highest BCUT2D eigenvalue weighted by Gasteiger charge is 2.17. The Labute approximate surface area is 123 Å². The third-order valence-corrected chi connectivity index (χ3v) is 3.49. The second-order valence-electron chi connectivity index (χ2n) is 5.14. The smallest absolute Gasteiger partial charge is 0.265 e. The zero-order valence-corrected chi connectivity index (χ0v) is 12.1. The zero-order valence-electron chi connectivity index (χ0n) is 12.1. The first-order valence-electron chi connectivity index (χ1n) is 7.29. The Kier molecular flexibility index (Phi) is 5.70. The second kappa shape index (κ2) is 7.52. The highest BCUT2D eigenvalue weighted by molar-refractivity contribution is 5.82. The van der Waals surface area contributed by atoms with Crippen molar-refractivity contribution in [1.82, 2.24) is 5.32 Å².